The number of benzene rings is 3. The molecule has 1 aliphatic heterocycles. The first-order valence-corrected chi connectivity index (χ1v) is 14.1. The number of thioether (sulfide) groups is 2. The summed E-state index contributed by atoms with van der Waals surface area (Å²) in [4.78, 5) is 21.9. The van der Waals surface area contributed by atoms with Gasteiger partial charge in [-0.1, -0.05) is 36.4 Å². The topological polar surface area (TPSA) is 32.7 Å². The molecule has 32 heavy (non-hydrogen) atoms. The maximum absolute atomic E-state index is 13.3. The van der Waals surface area contributed by atoms with Gasteiger partial charge in [-0.3, -0.25) is 14.7 Å². The molecule has 1 amide bonds. The Morgan fingerprint density at radius 1 is 0.969 bits per heavy atom. The average molecular weight is 682 g/mol. The summed E-state index contributed by atoms with van der Waals surface area (Å²) in [6.07, 6.45) is 4.02. The largest absolute Gasteiger partial charge is 0.282 e. The van der Waals surface area contributed by atoms with Crippen LogP contribution in [0.25, 0.3) is 6.08 Å². The summed E-state index contributed by atoms with van der Waals surface area (Å²) in [7, 11) is 0. The zero-order chi connectivity index (χ0) is 22.5. The molecular formula is C25H20I2N2OS2. The molecule has 0 saturated carbocycles. The zero-order valence-electron chi connectivity index (χ0n) is 17.3. The molecule has 0 aliphatic carbocycles. The summed E-state index contributed by atoms with van der Waals surface area (Å²) < 4.78 is 2.34. The minimum Gasteiger partial charge on any atom is -0.282 e. The summed E-state index contributed by atoms with van der Waals surface area (Å²) >= 11 is 7.78. The second kappa shape index (κ2) is 11.2. The van der Waals surface area contributed by atoms with E-state index in [1.165, 1.54) is 20.2 Å². The molecule has 0 radical (unpaired) electrons. The Balaban J connectivity index is 1.63. The van der Waals surface area contributed by atoms with Crippen LogP contribution in [-0.2, 0) is 17.9 Å². The van der Waals surface area contributed by atoms with E-state index in [9.17, 15) is 4.79 Å². The molecule has 1 aliphatic rings. The van der Waals surface area contributed by atoms with E-state index in [0.29, 0.717) is 18.0 Å². The van der Waals surface area contributed by atoms with Crippen LogP contribution in [0.2, 0.25) is 0 Å². The predicted octanol–water partition coefficient (Wildman–Crippen LogP) is 7.29. The third-order valence-electron chi connectivity index (χ3n) is 4.82. The molecule has 1 saturated heterocycles. The van der Waals surface area contributed by atoms with Crippen LogP contribution in [0.15, 0.2) is 87.6 Å². The maximum Gasteiger partial charge on any atom is 0.267 e. The Morgan fingerprint density at radius 3 is 2.28 bits per heavy atom. The Morgan fingerprint density at radius 2 is 1.62 bits per heavy atom. The Kier molecular flexibility index (Phi) is 8.36. The van der Waals surface area contributed by atoms with E-state index in [0.717, 1.165) is 25.4 Å². The number of halogens is 2. The first-order chi connectivity index (χ1) is 15.5. The van der Waals surface area contributed by atoms with Crippen molar-refractivity contribution in [1.82, 2.24) is 4.90 Å². The highest BCUT2D eigenvalue weighted by Crippen LogP contribution is 2.34. The fourth-order valence-electron chi connectivity index (χ4n) is 3.23. The molecule has 4 rings (SSSR count). The van der Waals surface area contributed by atoms with E-state index in [-0.39, 0.29) is 5.91 Å². The fraction of sp³-hybridized carbons (Fsp3) is 0.120. The summed E-state index contributed by atoms with van der Waals surface area (Å²) in [5.74, 6) is 0.00389. The normalized spacial score (nSPS) is 16.3. The number of rotatable bonds is 6. The van der Waals surface area contributed by atoms with Crippen molar-refractivity contribution in [2.75, 3.05) is 6.26 Å². The molecule has 0 atom stereocenters. The minimum atomic E-state index is 0.00389. The number of carbonyl (C=O) groups excluding carboxylic acids is 1. The smallest absolute Gasteiger partial charge is 0.267 e. The second-order valence-corrected chi connectivity index (χ2v) is 11.5. The maximum atomic E-state index is 13.3. The lowest BCUT2D eigenvalue weighted by atomic mass is 10.2. The molecule has 0 aromatic heterocycles. The summed E-state index contributed by atoms with van der Waals surface area (Å²) in [6.45, 7) is 1.06. The number of aliphatic imine (C=N–C) groups is 1. The highest BCUT2D eigenvalue weighted by molar-refractivity contribution is 14.1. The number of amidine groups is 1. The van der Waals surface area contributed by atoms with E-state index in [1.807, 2.05) is 18.2 Å². The molecular weight excluding hydrogens is 662 g/mol. The monoisotopic (exact) mass is 682 g/mol. The minimum absolute atomic E-state index is 0.00389. The van der Waals surface area contributed by atoms with Crippen LogP contribution in [-0.4, -0.2) is 22.2 Å². The highest BCUT2D eigenvalue weighted by atomic mass is 127. The standard InChI is InChI=1S/C25H20I2N2OS2/c1-31-22-10-8-17(9-11-22)14-23-24(30)29(16-19-5-3-7-21(27)13-19)25(32-23)28-15-18-4-2-6-20(26)12-18/h2-14H,15-16H2,1H3/b23-14-,28-25?. The summed E-state index contributed by atoms with van der Waals surface area (Å²) in [5.41, 5.74) is 3.25. The van der Waals surface area contributed by atoms with Crippen molar-refractivity contribution in [3.63, 3.8) is 0 Å². The van der Waals surface area contributed by atoms with Gasteiger partial charge in [-0.2, -0.15) is 0 Å². The van der Waals surface area contributed by atoms with Gasteiger partial charge >= 0.3 is 0 Å². The molecule has 1 heterocycles. The molecule has 1 fully saturated rings. The van der Waals surface area contributed by atoms with Crippen LogP contribution in [0.5, 0.6) is 0 Å². The van der Waals surface area contributed by atoms with Crippen molar-refractivity contribution < 1.29 is 4.79 Å². The van der Waals surface area contributed by atoms with Crippen LogP contribution >= 0.6 is 68.7 Å². The van der Waals surface area contributed by atoms with Gasteiger partial charge in [-0.15, -0.1) is 11.8 Å². The van der Waals surface area contributed by atoms with Crippen molar-refractivity contribution >= 4 is 85.9 Å². The van der Waals surface area contributed by atoms with Crippen LogP contribution in [0, 0.1) is 7.14 Å². The molecule has 0 bridgehead atoms. The van der Waals surface area contributed by atoms with Gasteiger partial charge < -0.3 is 0 Å². The first kappa shape index (κ1) is 23.8. The Bertz CT molecular complexity index is 1190. The fourth-order valence-corrected chi connectivity index (χ4v) is 5.83. The highest BCUT2D eigenvalue weighted by Gasteiger charge is 2.33. The van der Waals surface area contributed by atoms with Crippen molar-refractivity contribution in [3.8, 4) is 0 Å². The van der Waals surface area contributed by atoms with Gasteiger partial charge in [0.15, 0.2) is 5.17 Å². The van der Waals surface area contributed by atoms with Gasteiger partial charge in [0.05, 0.1) is 18.0 Å². The number of carbonyl (C=O) groups is 1. The van der Waals surface area contributed by atoms with Gasteiger partial charge in [0.2, 0.25) is 0 Å². The van der Waals surface area contributed by atoms with Crippen LogP contribution in [0.4, 0.5) is 0 Å². The van der Waals surface area contributed by atoms with E-state index >= 15 is 0 Å². The van der Waals surface area contributed by atoms with Gasteiger partial charge in [-0.05, 0) is 122 Å². The molecule has 162 valence electrons. The van der Waals surface area contributed by atoms with Gasteiger partial charge in [-0.25, -0.2) is 0 Å². The van der Waals surface area contributed by atoms with Crippen molar-refractivity contribution in [1.29, 1.82) is 0 Å². The summed E-state index contributed by atoms with van der Waals surface area (Å²) in [5, 5.41) is 0.750. The van der Waals surface area contributed by atoms with E-state index in [2.05, 4.69) is 112 Å². The van der Waals surface area contributed by atoms with Crippen molar-refractivity contribution in [3.05, 3.63) is 102 Å². The molecule has 3 nitrogen and oxygen atoms in total. The van der Waals surface area contributed by atoms with E-state index in [4.69, 9.17) is 4.99 Å². The number of nitrogens with zero attached hydrogens (tertiary/aromatic N) is 2. The van der Waals surface area contributed by atoms with Gasteiger partial charge in [0.25, 0.3) is 5.91 Å². The van der Waals surface area contributed by atoms with Crippen LogP contribution in [0.3, 0.4) is 0 Å². The van der Waals surface area contributed by atoms with E-state index < -0.39 is 0 Å². The molecule has 0 unspecified atom stereocenters. The average Bonchev–Trinajstić information content (AvgIpc) is 3.07. The number of hydrogen-bond acceptors (Lipinski definition) is 4. The first-order valence-electron chi connectivity index (χ1n) is 9.90. The molecule has 0 spiro atoms. The molecule has 3 aromatic rings. The third-order valence-corrected chi connectivity index (χ3v) is 7.95. The summed E-state index contributed by atoms with van der Waals surface area (Å²) in [6, 6.07) is 24.8. The van der Waals surface area contributed by atoms with Crippen molar-refractivity contribution in [2.45, 2.75) is 18.0 Å². The third kappa shape index (κ3) is 6.18. The lowest BCUT2D eigenvalue weighted by Crippen LogP contribution is -2.28. The van der Waals surface area contributed by atoms with Gasteiger partial charge in [0, 0.05) is 12.0 Å². The molecule has 7 heteroatoms. The Labute approximate surface area is 224 Å². The number of hydrogen-bond donors (Lipinski definition) is 0. The Hall–Kier alpha value is -1.30. The SMILES string of the molecule is CSc1ccc(/C=C2\SC(=NCc3cccc(I)c3)N(Cc3cccc(I)c3)C2=O)cc1. The zero-order valence-corrected chi connectivity index (χ0v) is 23.2. The van der Waals surface area contributed by atoms with Crippen molar-refractivity contribution in [2.24, 2.45) is 4.99 Å². The number of amides is 1. The predicted molar refractivity (Wildman–Crippen MR) is 154 cm³/mol. The van der Waals surface area contributed by atoms with E-state index in [1.54, 1.807) is 16.7 Å². The quantitative estimate of drug-likeness (QED) is 0.156. The second-order valence-electron chi connectivity index (χ2n) is 7.13. The lowest BCUT2D eigenvalue weighted by molar-refractivity contribution is -0.122. The van der Waals surface area contributed by atoms with Gasteiger partial charge in [0.1, 0.15) is 0 Å². The molecule has 0 N–H and O–H groups in total. The molecule has 3 aromatic carbocycles. The van der Waals surface area contributed by atoms with Crippen LogP contribution in [0.1, 0.15) is 16.7 Å². The van der Waals surface area contributed by atoms with Crippen LogP contribution < -0.4 is 0 Å². The lowest BCUT2D eigenvalue weighted by Gasteiger charge is -2.16.